The van der Waals surface area contributed by atoms with Crippen LogP contribution in [-0.2, 0) is 24.1 Å². The lowest BCUT2D eigenvalue weighted by Gasteiger charge is -2.26. The van der Waals surface area contributed by atoms with Gasteiger partial charge in [0.15, 0.2) is 55.7 Å². The topological polar surface area (TPSA) is 139 Å². The number of aromatic amines is 1. The number of rotatable bonds is 10. The molecule has 18 heteroatoms. The SMILES string of the molecule is COc1c(Nc2cc(C)[nH]n2)nc(Sc2ccc(S(=O)(=O)C(C)(C)c3c(F)c(F)cc(F)c3F)cc2F)nc1N1CCC(OC(C)=O)C1. The highest BCUT2D eigenvalue weighted by Crippen LogP contribution is 2.42. The van der Waals surface area contributed by atoms with Crippen molar-refractivity contribution < 1.29 is 44.6 Å². The van der Waals surface area contributed by atoms with Gasteiger partial charge in [-0.15, -0.1) is 0 Å². The Bertz CT molecular complexity index is 1980. The summed E-state index contributed by atoms with van der Waals surface area (Å²) < 4.78 is 108. The second-order valence-electron chi connectivity index (χ2n) is 11.3. The molecule has 5 rings (SSSR count). The zero-order valence-electron chi connectivity index (χ0n) is 26.1. The summed E-state index contributed by atoms with van der Waals surface area (Å²) in [5.74, 6) is -7.74. The Morgan fingerprint density at radius 2 is 1.75 bits per heavy atom. The van der Waals surface area contributed by atoms with Crippen LogP contribution < -0.4 is 15.0 Å². The van der Waals surface area contributed by atoms with Gasteiger partial charge in [-0.25, -0.2) is 40.3 Å². The molecule has 1 saturated heterocycles. The van der Waals surface area contributed by atoms with E-state index < -0.39 is 66.2 Å². The molecule has 1 unspecified atom stereocenters. The summed E-state index contributed by atoms with van der Waals surface area (Å²) in [7, 11) is -3.43. The quantitative estimate of drug-likeness (QED) is 0.0872. The lowest BCUT2D eigenvalue weighted by atomic mass is 10.0. The van der Waals surface area contributed by atoms with Gasteiger partial charge in [-0.05, 0) is 50.7 Å². The molecule has 1 atom stereocenters. The Kier molecular flexibility index (Phi) is 9.60. The molecule has 0 aliphatic carbocycles. The number of benzene rings is 2. The molecule has 1 aliphatic rings. The number of aromatic nitrogens is 4. The first-order valence-corrected chi connectivity index (χ1v) is 16.6. The third kappa shape index (κ3) is 6.63. The van der Waals surface area contributed by atoms with E-state index in [1.54, 1.807) is 17.9 Å². The van der Waals surface area contributed by atoms with E-state index in [9.17, 15) is 30.8 Å². The highest BCUT2D eigenvalue weighted by molar-refractivity contribution is 7.99. The number of carbonyl (C=O) groups excluding carboxylic acids is 1. The number of esters is 1. The van der Waals surface area contributed by atoms with E-state index in [0.29, 0.717) is 30.7 Å². The molecular formula is C30H29F5N6O5S2. The van der Waals surface area contributed by atoms with Crippen molar-refractivity contribution >= 4 is 45.0 Å². The van der Waals surface area contributed by atoms with Crippen LogP contribution >= 0.6 is 11.8 Å². The molecule has 3 heterocycles. The molecule has 0 amide bonds. The number of H-pyrrole nitrogens is 1. The number of hydrogen-bond donors (Lipinski definition) is 2. The van der Waals surface area contributed by atoms with Crippen molar-refractivity contribution in [3.05, 3.63) is 70.7 Å². The monoisotopic (exact) mass is 712 g/mol. The van der Waals surface area contributed by atoms with Crippen LogP contribution in [-0.4, -0.2) is 60.9 Å². The number of aryl methyl sites for hydroxylation is 1. The van der Waals surface area contributed by atoms with Gasteiger partial charge in [-0.3, -0.25) is 9.89 Å². The van der Waals surface area contributed by atoms with Crippen molar-refractivity contribution in [2.75, 3.05) is 30.4 Å². The molecule has 48 heavy (non-hydrogen) atoms. The van der Waals surface area contributed by atoms with Crippen LogP contribution in [0.3, 0.4) is 0 Å². The number of methoxy groups -OCH3 is 1. The van der Waals surface area contributed by atoms with Gasteiger partial charge >= 0.3 is 5.97 Å². The second-order valence-corrected chi connectivity index (χ2v) is 14.8. The van der Waals surface area contributed by atoms with E-state index in [1.165, 1.54) is 14.0 Å². The van der Waals surface area contributed by atoms with Crippen molar-refractivity contribution in [1.29, 1.82) is 0 Å². The Hall–Kier alpha value is -4.45. The minimum Gasteiger partial charge on any atom is -0.490 e. The predicted molar refractivity (Wildman–Crippen MR) is 165 cm³/mol. The van der Waals surface area contributed by atoms with Gasteiger partial charge in [0.2, 0.25) is 5.75 Å². The first-order chi connectivity index (χ1) is 22.5. The maximum absolute atomic E-state index is 15.6. The second kappa shape index (κ2) is 13.2. The number of sulfone groups is 1. The fourth-order valence-electron chi connectivity index (χ4n) is 5.17. The van der Waals surface area contributed by atoms with E-state index in [4.69, 9.17) is 9.47 Å². The van der Waals surface area contributed by atoms with Gasteiger partial charge in [-0.1, -0.05) is 0 Å². The zero-order chi connectivity index (χ0) is 35.1. The molecule has 1 aliphatic heterocycles. The molecule has 4 aromatic rings. The van der Waals surface area contributed by atoms with Crippen LogP contribution in [0.4, 0.5) is 39.4 Å². The lowest BCUT2D eigenvalue weighted by molar-refractivity contribution is -0.145. The van der Waals surface area contributed by atoms with Crippen molar-refractivity contribution in [1.82, 2.24) is 20.2 Å². The number of nitrogens with zero attached hydrogens (tertiary/aromatic N) is 4. The lowest BCUT2D eigenvalue weighted by Crippen LogP contribution is -2.32. The summed E-state index contributed by atoms with van der Waals surface area (Å²) in [6, 6.07) is 4.40. The fraction of sp³-hybridized carbons (Fsp3) is 0.333. The van der Waals surface area contributed by atoms with E-state index in [1.807, 2.05) is 0 Å². The van der Waals surface area contributed by atoms with E-state index in [0.717, 1.165) is 43.4 Å². The van der Waals surface area contributed by atoms with Crippen LogP contribution in [0.1, 0.15) is 38.4 Å². The molecule has 1 fully saturated rings. The Morgan fingerprint density at radius 1 is 1.06 bits per heavy atom. The van der Waals surface area contributed by atoms with Crippen LogP contribution in [0.5, 0.6) is 5.75 Å². The average Bonchev–Trinajstić information content (AvgIpc) is 3.64. The molecule has 2 N–H and O–H groups in total. The zero-order valence-corrected chi connectivity index (χ0v) is 27.8. The highest BCUT2D eigenvalue weighted by atomic mass is 32.2. The molecule has 0 spiro atoms. The molecule has 256 valence electrons. The molecule has 0 bridgehead atoms. The summed E-state index contributed by atoms with van der Waals surface area (Å²) in [6.45, 7) is 5.53. The minimum absolute atomic E-state index is 0.00529. The van der Waals surface area contributed by atoms with E-state index in [-0.39, 0.29) is 34.2 Å². The molecular weight excluding hydrogens is 683 g/mol. The number of ether oxygens (including phenoxy) is 2. The first kappa shape index (κ1) is 34.9. The van der Waals surface area contributed by atoms with Gasteiger partial charge in [0.05, 0.1) is 29.0 Å². The average molecular weight is 713 g/mol. The standard InChI is InChI=1S/C30H29F5N6O5S2/c1-14-10-22(40-39-14)36-27-26(45-5)28(41-9-8-16(13-41)46-15(2)42)38-29(37-27)47-21-7-6-17(11-18(21)31)48(43,44)30(3,4)23-24(34)19(32)12-20(33)25(23)35/h6-7,10-12,16H,8-9,13H2,1-5H3,(H2,36,37,38,39,40). The van der Waals surface area contributed by atoms with Crippen molar-refractivity contribution in [3.8, 4) is 5.75 Å². The molecule has 2 aromatic carbocycles. The summed E-state index contributed by atoms with van der Waals surface area (Å²) >= 11 is 0.733. The minimum atomic E-state index is -4.84. The normalized spacial score (nSPS) is 15.1. The maximum atomic E-state index is 15.6. The van der Waals surface area contributed by atoms with Crippen molar-refractivity contribution in [2.24, 2.45) is 0 Å². The van der Waals surface area contributed by atoms with Crippen molar-refractivity contribution in [2.45, 2.75) is 59.9 Å². The first-order valence-electron chi connectivity index (χ1n) is 14.3. The third-order valence-corrected chi connectivity index (χ3v) is 10.9. The van der Waals surface area contributed by atoms with E-state index >= 15 is 4.39 Å². The number of anilines is 3. The van der Waals surface area contributed by atoms with Gasteiger partial charge in [0.1, 0.15) is 16.7 Å². The van der Waals surface area contributed by atoms with Crippen LogP contribution in [0.15, 0.2) is 45.3 Å². The third-order valence-electron chi connectivity index (χ3n) is 7.56. The van der Waals surface area contributed by atoms with Crippen molar-refractivity contribution in [3.63, 3.8) is 0 Å². The number of hydrogen-bond acceptors (Lipinski definition) is 11. The van der Waals surface area contributed by atoms with Crippen LogP contribution in [0, 0.1) is 36.0 Å². The number of halogens is 5. The Balaban J connectivity index is 1.51. The van der Waals surface area contributed by atoms with Gasteiger partial charge in [0, 0.05) is 37.7 Å². The largest absolute Gasteiger partial charge is 0.490 e. The smallest absolute Gasteiger partial charge is 0.302 e. The molecule has 2 aromatic heterocycles. The van der Waals surface area contributed by atoms with Gasteiger partial charge in [-0.2, -0.15) is 5.10 Å². The predicted octanol–water partition coefficient (Wildman–Crippen LogP) is 5.96. The van der Waals surface area contributed by atoms with Crippen LogP contribution in [0.25, 0.3) is 0 Å². The molecule has 0 radical (unpaired) electrons. The highest BCUT2D eigenvalue weighted by Gasteiger charge is 2.44. The maximum Gasteiger partial charge on any atom is 0.302 e. The van der Waals surface area contributed by atoms with Crippen LogP contribution in [0.2, 0.25) is 0 Å². The number of nitrogens with one attached hydrogen (secondary N) is 2. The summed E-state index contributed by atoms with van der Waals surface area (Å²) in [4.78, 5) is 21.6. The van der Waals surface area contributed by atoms with E-state index in [2.05, 4.69) is 25.5 Å². The van der Waals surface area contributed by atoms with Gasteiger partial charge in [0.25, 0.3) is 0 Å². The van der Waals surface area contributed by atoms with Gasteiger partial charge < -0.3 is 19.7 Å². The Labute approximate surface area is 276 Å². The fourth-order valence-corrected chi connectivity index (χ4v) is 7.47. The Morgan fingerprint density at radius 3 is 2.33 bits per heavy atom. The molecule has 0 saturated carbocycles. The summed E-state index contributed by atoms with van der Waals surface area (Å²) in [6.07, 6.45) is 0.0960. The summed E-state index contributed by atoms with van der Waals surface area (Å²) in [5.41, 5.74) is -0.611. The molecule has 11 nitrogen and oxygen atoms in total. The summed E-state index contributed by atoms with van der Waals surface area (Å²) in [5, 5.41) is 9.98. The number of carbonyl (C=O) groups is 1.